The number of hydrogen-bond acceptors (Lipinski definition) is 3. The van der Waals surface area contributed by atoms with Gasteiger partial charge in [0.2, 0.25) is 0 Å². The van der Waals surface area contributed by atoms with Crippen LogP contribution < -0.4 is 5.19 Å². The summed E-state index contributed by atoms with van der Waals surface area (Å²) in [5.41, 5.74) is 1.12. The first kappa shape index (κ1) is 19.8. The second kappa shape index (κ2) is 9.11. The molecule has 0 aliphatic heterocycles. The maximum Gasteiger partial charge on any atom is 0.376 e. The second-order valence-corrected chi connectivity index (χ2v) is 17.2. The summed E-state index contributed by atoms with van der Waals surface area (Å²) in [6.07, 6.45) is 2.49. The molecule has 22 heavy (non-hydrogen) atoms. The minimum atomic E-state index is -2.49. The summed E-state index contributed by atoms with van der Waals surface area (Å²) in [5.74, 6) is 0. The van der Waals surface area contributed by atoms with Crippen LogP contribution in [0, 0.1) is 0 Å². The lowest BCUT2D eigenvalue weighted by atomic mass is 10.2. The summed E-state index contributed by atoms with van der Waals surface area (Å²) in [6.45, 7) is 17.0. The molecule has 0 bridgehead atoms. The highest BCUT2D eigenvalue weighted by Gasteiger charge is 2.42. The van der Waals surface area contributed by atoms with Gasteiger partial charge in [-0.3, -0.25) is 0 Å². The maximum absolute atomic E-state index is 6.52. The highest BCUT2D eigenvalue weighted by atomic mass is 28.5. The van der Waals surface area contributed by atoms with Gasteiger partial charge in [0, 0.05) is 0 Å². The predicted octanol–water partition coefficient (Wildman–Crippen LogP) is 2.52. The molecule has 0 aliphatic rings. The molecule has 0 unspecified atom stereocenters. The first-order valence-corrected chi connectivity index (χ1v) is 18.4. The van der Waals surface area contributed by atoms with Gasteiger partial charge < -0.3 is 12.7 Å². The van der Waals surface area contributed by atoms with Crippen molar-refractivity contribution in [1.29, 1.82) is 0 Å². The molecule has 0 spiro atoms. The third-order valence-corrected chi connectivity index (χ3v) is 12.8. The van der Waals surface area contributed by atoms with E-state index in [0.717, 1.165) is 5.56 Å². The molecule has 124 valence electrons. The van der Waals surface area contributed by atoms with Gasteiger partial charge in [-0.15, -0.1) is 0 Å². The van der Waals surface area contributed by atoms with E-state index >= 15 is 0 Å². The lowest BCUT2D eigenvalue weighted by Gasteiger charge is -2.35. The molecule has 1 aromatic carbocycles. The van der Waals surface area contributed by atoms with Gasteiger partial charge in [-0.2, -0.15) is 0 Å². The Balaban J connectivity index is 3.20. The number of benzene rings is 1. The van der Waals surface area contributed by atoms with Crippen LogP contribution in [0.4, 0.5) is 0 Å². The van der Waals surface area contributed by atoms with E-state index in [1.165, 1.54) is 5.19 Å². The number of rotatable bonds is 9. The maximum atomic E-state index is 6.52. The molecule has 0 saturated carbocycles. The van der Waals surface area contributed by atoms with E-state index in [2.05, 4.69) is 70.1 Å². The van der Waals surface area contributed by atoms with E-state index in [9.17, 15) is 0 Å². The predicted molar refractivity (Wildman–Crippen MR) is 107 cm³/mol. The largest absolute Gasteiger partial charge is 0.435 e. The van der Waals surface area contributed by atoms with E-state index in [0.29, 0.717) is 6.23 Å². The van der Waals surface area contributed by atoms with Gasteiger partial charge in [0.15, 0.2) is 27.1 Å². The van der Waals surface area contributed by atoms with Crippen molar-refractivity contribution in [2.75, 3.05) is 6.23 Å². The minimum Gasteiger partial charge on any atom is -0.435 e. The molecule has 0 amide bonds. The molecule has 1 rings (SSSR count). The summed E-state index contributed by atoms with van der Waals surface area (Å²) in [6, 6.07) is 8.46. The van der Waals surface area contributed by atoms with Crippen LogP contribution in [0.5, 0.6) is 0 Å². The van der Waals surface area contributed by atoms with Crippen LogP contribution in [0.25, 0.3) is 6.08 Å². The Bertz CT molecular complexity index is 450. The molecule has 7 heteroatoms. The molecule has 0 atom stereocenters. The Morgan fingerprint density at radius 3 is 1.77 bits per heavy atom. The average molecular weight is 371 g/mol. The Hall–Kier alpha value is -0.292. The Morgan fingerprint density at radius 2 is 1.41 bits per heavy atom. The van der Waals surface area contributed by atoms with Gasteiger partial charge in [0.25, 0.3) is 0 Å². The van der Waals surface area contributed by atoms with Crippen molar-refractivity contribution in [1.82, 2.24) is 0 Å². The van der Waals surface area contributed by atoms with Crippen LogP contribution in [0.2, 0.25) is 39.3 Å². The third-order valence-electron chi connectivity index (χ3n) is 3.05. The van der Waals surface area contributed by atoms with Crippen molar-refractivity contribution in [3.05, 3.63) is 36.4 Å². The zero-order valence-corrected chi connectivity index (χ0v) is 19.2. The van der Waals surface area contributed by atoms with Crippen molar-refractivity contribution in [3.63, 3.8) is 0 Å². The molecule has 0 heterocycles. The van der Waals surface area contributed by atoms with Crippen LogP contribution in [0.1, 0.15) is 5.56 Å². The normalized spacial score (nSPS) is 12.4. The molecule has 3 nitrogen and oxygen atoms in total. The van der Waals surface area contributed by atoms with Crippen molar-refractivity contribution in [2.24, 2.45) is 0 Å². The average Bonchev–Trinajstić information content (AvgIpc) is 2.43. The summed E-state index contributed by atoms with van der Waals surface area (Å²) >= 11 is 0. The van der Waals surface area contributed by atoms with E-state index < -0.39 is 35.7 Å². The molecule has 0 N–H and O–H groups in total. The van der Waals surface area contributed by atoms with E-state index in [4.69, 9.17) is 12.7 Å². The van der Waals surface area contributed by atoms with Gasteiger partial charge in [-0.1, -0.05) is 36.9 Å². The first-order valence-electron chi connectivity index (χ1n) is 7.99. The standard InChI is InChI=1S/C15H30O3Si4/c1-8-14-9-11-15(12-10-14)22(17-20(4)5,18-21(6)7)13-16-19(2)3/h8-12,19-21H,1,13H2,2-7H3. The van der Waals surface area contributed by atoms with Gasteiger partial charge >= 0.3 is 8.56 Å². The highest BCUT2D eigenvalue weighted by molar-refractivity contribution is 6.89. The van der Waals surface area contributed by atoms with Crippen LogP contribution in [0.15, 0.2) is 30.8 Å². The lowest BCUT2D eigenvalue weighted by Crippen LogP contribution is -2.62. The van der Waals surface area contributed by atoms with Gasteiger partial charge in [-0.25, -0.2) is 0 Å². The fourth-order valence-electron chi connectivity index (χ4n) is 2.23. The topological polar surface area (TPSA) is 27.7 Å². The van der Waals surface area contributed by atoms with Crippen LogP contribution in [0.3, 0.4) is 0 Å². The zero-order chi connectivity index (χ0) is 16.8. The fourth-order valence-corrected chi connectivity index (χ4v) is 13.7. The summed E-state index contributed by atoms with van der Waals surface area (Å²) in [5, 5.41) is 1.19. The lowest BCUT2D eigenvalue weighted by molar-refractivity contribution is 0.311. The van der Waals surface area contributed by atoms with Gasteiger partial charge in [0.1, 0.15) is 0 Å². The molecule has 0 saturated heterocycles. The van der Waals surface area contributed by atoms with Crippen LogP contribution in [-0.4, -0.2) is 41.9 Å². The van der Waals surface area contributed by atoms with Gasteiger partial charge in [0.05, 0.1) is 6.23 Å². The Labute approximate surface area is 141 Å². The molecule has 0 fully saturated rings. The van der Waals surface area contributed by atoms with E-state index in [-0.39, 0.29) is 0 Å². The summed E-state index contributed by atoms with van der Waals surface area (Å²) < 4.78 is 19.1. The quantitative estimate of drug-likeness (QED) is 0.625. The van der Waals surface area contributed by atoms with Crippen molar-refractivity contribution in [3.8, 4) is 0 Å². The highest BCUT2D eigenvalue weighted by Crippen LogP contribution is 2.15. The van der Waals surface area contributed by atoms with Crippen molar-refractivity contribution < 1.29 is 12.7 Å². The molecule has 0 aromatic heterocycles. The first-order chi connectivity index (χ1) is 10.3. The van der Waals surface area contributed by atoms with Gasteiger partial charge in [-0.05, 0) is 50.0 Å². The van der Waals surface area contributed by atoms with Crippen molar-refractivity contribution >= 4 is 46.9 Å². The fraction of sp³-hybridized carbons (Fsp3) is 0.467. The van der Waals surface area contributed by atoms with Crippen molar-refractivity contribution in [2.45, 2.75) is 39.3 Å². The zero-order valence-electron chi connectivity index (χ0n) is 14.8. The molecule has 0 radical (unpaired) electrons. The second-order valence-electron chi connectivity index (χ2n) is 6.27. The molecular formula is C15H30O3Si4. The Morgan fingerprint density at radius 1 is 0.909 bits per heavy atom. The minimum absolute atomic E-state index is 0.626. The van der Waals surface area contributed by atoms with E-state index in [1.54, 1.807) is 0 Å². The molecule has 1 aromatic rings. The number of hydrogen-bond donors (Lipinski definition) is 0. The smallest absolute Gasteiger partial charge is 0.376 e. The Kier molecular flexibility index (Phi) is 8.18. The third kappa shape index (κ3) is 6.07. The van der Waals surface area contributed by atoms with Crippen LogP contribution >= 0.6 is 0 Å². The molecule has 0 aliphatic carbocycles. The van der Waals surface area contributed by atoms with E-state index in [1.807, 2.05) is 6.08 Å². The summed E-state index contributed by atoms with van der Waals surface area (Å²) in [7, 11) is -6.07. The SMILES string of the molecule is C=Cc1ccc([Si](CO[SiH](C)C)(O[SiH](C)C)O[SiH](C)C)cc1. The monoisotopic (exact) mass is 370 g/mol. The van der Waals surface area contributed by atoms with Crippen LogP contribution in [-0.2, 0) is 12.7 Å². The molecular weight excluding hydrogens is 341 g/mol. The summed E-state index contributed by atoms with van der Waals surface area (Å²) in [4.78, 5) is 0.